The maximum atomic E-state index is 12.3. The molecule has 144 valence electrons. The minimum Gasteiger partial charge on any atom is -0.497 e. The van der Waals surface area contributed by atoms with Crippen LogP contribution in [-0.4, -0.2) is 30.1 Å². The molecule has 1 aromatic heterocycles. The third-order valence-corrected chi connectivity index (χ3v) is 4.66. The van der Waals surface area contributed by atoms with Gasteiger partial charge in [-0.2, -0.15) is 0 Å². The van der Waals surface area contributed by atoms with Gasteiger partial charge in [-0.25, -0.2) is 9.78 Å². The molecule has 2 aromatic carbocycles. The molecular formula is C20H19N3O4S. The molecule has 3 N–H and O–H groups in total. The summed E-state index contributed by atoms with van der Waals surface area (Å²) in [7, 11) is 1.60. The monoisotopic (exact) mass is 397 g/mol. The van der Waals surface area contributed by atoms with Crippen molar-refractivity contribution in [3.8, 4) is 17.0 Å². The molecule has 1 amide bonds. The third-order valence-electron chi connectivity index (χ3n) is 3.90. The van der Waals surface area contributed by atoms with Crippen LogP contribution in [0.25, 0.3) is 11.3 Å². The summed E-state index contributed by atoms with van der Waals surface area (Å²) in [5.74, 6) is -0.339. The fourth-order valence-corrected chi connectivity index (χ4v) is 3.08. The van der Waals surface area contributed by atoms with Gasteiger partial charge < -0.3 is 15.2 Å². The molecule has 0 saturated carbocycles. The van der Waals surface area contributed by atoms with Crippen molar-refractivity contribution in [2.75, 3.05) is 18.2 Å². The number of benzene rings is 2. The molecule has 0 fully saturated rings. The predicted octanol–water partition coefficient (Wildman–Crippen LogP) is 3.58. The molecule has 8 heteroatoms. The Labute approximate surface area is 166 Å². The summed E-state index contributed by atoms with van der Waals surface area (Å²) in [5, 5.41) is 4.91. The highest BCUT2D eigenvalue weighted by Crippen LogP contribution is 2.27. The van der Waals surface area contributed by atoms with Gasteiger partial charge in [-0.15, -0.1) is 11.3 Å². The lowest BCUT2D eigenvalue weighted by Gasteiger charge is -2.12. The molecule has 0 aliphatic heterocycles. The van der Waals surface area contributed by atoms with Crippen LogP contribution in [0, 0.1) is 0 Å². The van der Waals surface area contributed by atoms with Crippen molar-refractivity contribution in [1.29, 1.82) is 0 Å². The van der Waals surface area contributed by atoms with E-state index < -0.39 is 18.0 Å². The molecule has 1 unspecified atom stereocenters. The Kier molecular flexibility index (Phi) is 5.90. The Hall–Kier alpha value is -3.39. The molecule has 1 heterocycles. The molecule has 0 aliphatic rings. The highest BCUT2D eigenvalue weighted by atomic mass is 32.1. The van der Waals surface area contributed by atoms with Crippen LogP contribution in [0.5, 0.6) is 5.75 Å². The second kappa shape index (κ2) is 8.53. The number of thiazole rings is 1. The van der Waals surface area contributed by atoms with E-state index in [0.29, 0.717) is 22.1 Å². The highest BCUT2D eigenvalue weighted by Gasteiger charge is 2.20. The van der Waals surface area contributed by atoms with Gasteiger partial charge in [-0.05, 0) is 43.3 Å². The van der Waals surface area contributed by atoms with Gasteiger partial charge in [-0.3, -0.25) is 10.1 Å². The number of carbonyl (C=O) groups is 2. The number of esters is 1. The molecule has 1 atom stereocenters. The van der Waals surface area contributed by atoms with Crippen LogP contribution in [-0.2, 0) is 9.53 Å². The number of nitrogen functional groups attached to an aromatic ring is 1. The Morgan fingerprint density at radius 3 is 2.64 bits per heavy atom. The summed E-state index contributed by atoms with van der Waals surface area (Å²) in [6.07, 6.45) is -0.978. The van der Waals surface area contributed by atoms with E-state index in [0.717, 1.165) is 11.3 Å². The fraction of sp³-hybridized carbons (Fsp3) is 0.150. The number of rotatable bonds is 6. The number of nitrogens with one attached hydrogen (secondary N) is 1. The third kappa shape index (κ3) is 4.66. The maximum absolute atomic E-state index is 12.3. The van der Waals surface area contributed by atoms with E-state index in [1.165, 1.54) is 18.3 Å². The van der Waals surface area contributed by atoms with Crippen molar-refractivity contribution in [3.05, 3.63) is 59.5 Å². The molecule has 0 spiro atoms. The Morgan fingerprint density at radius 1 is 1.18 bits per heavy atom. The van der Waals surface area contributed by atoms with Gasteiger partial charge in [0.1, 0.15) is 5.75 Å². The van der Waals surface area contributed by atoms with Crippen molar-refractivity contribution < 1.29 is 19.1 Å². The van der Waals surface area contributed by atoms with Gasteiger partial charge in [0.25, 0.3) is 5.91 Å². The number of carbonyl (C=O) groups excluding carboxylic acids is 2. The van der Waals surface area contributed by atoms with E-state index in [4.69, 9.17) is 15.2 Å². The van der Waals surface area contributed by atoms with Crippen LogP contribution in [0.2, 0.25) is 0 Å². The smallest absolute Gasteiger partial charge is 0.338 e. The van der Waals surface area contributed by atoms with Gasteiger partial charge >= 0.3 is 5.97 Å². The average molecular weight is 397 g/mol. The van der Waals surface area contributed by atoms with E-state index in [-0.39, 0.29) is 0 Å². The number of amides is 1. The number of nitrogens with zero attached hydrogens (tertiary/aromatic N) is 1. The number of anilines is 2. The van der Waals surface area contributed by atoms with Crippen LogP contribution in [0.15, 0.2) is 53.9 Å². The predicted molar refractivity (Wildman–Crippen MR) is 108 cm³/mol. The number of aromatic nitrogens is 1. The number of hydrogen-bond donors (Lipinski definition) is 2. The van der Waals surface area contributed by atoms with Crippen LogP contribution < -0.4 is 15.8 Å². The van der Waals surface area contributed by atoms with Gasteiger partial charge in [-0.1, -0.05) is 12.1 Å². The normalized spacial score (nSPS) is 11.5. The van der Waals surface area contributed by atoms with Crippen molar-refractivity contribution >= 4 is 34.0 Å². The van der Waals surface area contributed by atoms with Crippen molar-refractivity contribution in [2.45, 2.75) is 13.0 Å². The maximum Gasteiger partial charge on any atom is 0.338 e. The highest BCUT2D eigenvalue weighted by molar-refractivity contribution is 7.14. The first-order chi connectivity index (χ1) is 13.5. The number of ether oxygens (including phenoxy) is 2. The Balaban J connectivity index is 1.62. The van der Waals surface area contributed by atoms with Gasteiger partial charge in [0.05, 0.1) is 18.4 Å². The van der Waals surface area contributed by atoms with E-state index >= 15 is 0 Å². The SMILES string of the molecule is COc1cccc(-c2csc(NC(=O)C(C)OC(=O)c3ccc(N)cc3)n2)c1. The number of methoxy groups -OCH3 is 1. The largest absolute Gasteiger partial charge is 0.497 e. The molecule has 7 nitrogen and oxygen atoms in total. The summed E-state index contributed by atoms with van der Waals surface area (Å²) in [5.41, 5.74) is 8.04. The summed E-state index contributed by atoms with van der Waals surface area (Å²) in [4.78, 5) is 28.8. The second-order valence-corrected chi connectivity index (χ2v) is 6.79. The van der Waals surface area contributed by atoms with Crippen LogP contribution in [0.1, 0.15) is 17.3 Å². The zero-order chi connectivity index (χ0) is 20.1. The summed E-state index contributed by atoms with van der Waals surface area (Å²) >= 11 is 1.28. The van der Waals surface area contributed by atoms with Gasteiger partial charge in [0, 0.05) is 16.6 Å². The average Bonchev–Trinajstić information content (AvgIpc) is 3.17. The Morgan fingerprint density at radius 2 is 1.93 bits per heavy atom. The zero-order valence-electron chi connectivity index (χ0n) is 15.3. The van der Waals surface area contributed by atoms with Gasteiger partial charge in [0.15, 0.2) is 11.2 Å². The second-order valence-electron chi connectivity index (χ2n) is 5.93. The van der Waals surface area contributed by atoms with E-state index in [1.54, 1.807) is 31.4 Å². The lowest BCUT2D eigenvalue weighted by Crippen LogP contribution is -2.29. The number of nitrogens with two attached hydrogens (primary N) is 1. The summed E-state index contributed by atoms with van der Waals surface area (Å²) in [6.45, 7) is 1.50. The number of hydrogen-bond acceptors (Lipinski definition) is 7. The minimum absolute atomic E-state index is 0.323. The topological polar surface area (TPSA) is 104 Å². The lowest BCUT2D eigenvalue weighted by atomic mass is 10.2. The fourth-order valence-electron chi connectivity index (χ4n) is 2.35. The molecule has 0 radical (unpaired) electrons. The molecular weight excluding hydrogens is 378 g/mol. The molecule has 0 bridgehead atoms. The first-order valence-corrected chi connectivity index (χ1v) is 9.31. The minimum atomic E-state index is -0.978. The zero-order valence-corrected chi connectivity index (χ0v) is 16.2. The van der Waals surface area contributed by atoms with Crippen LogP contribution >= 0.6 is 11.3 Å². The van der Waals surface area contributed by atoms with Crippen molar-refractivity contribution in [1.82, 2.24) is 4.98 Å². The molecule has 3 rings (SSSR count). The van der Waals surface area contributed by atoms with Crippen LogP contribution in [0.3, 0.4) is 0 Å². The molecule has 3 aromatic rings. The van der Waals surface area contributed by atoms with Crippen molar-refractivity contribution in [2.24, 2.45) is 0 Å². The summed E-state index contributed by atoms with van der Waals surface area (Å²) < 4.78 is 10.4. The van der Waals surface area contributed by atoms with Crippen LogP contribution in [0.4, 0.5) is 10.8 Å². The van der Waals surface area contributed by atoms with E-state index in [1.807, 2.05) is 29.6 Å². The molecule has 28 heavy (non-hydrogen) atoms. The first kappa shape index (κ1) is 19.4. The molecule has 0 aliphatic carbocycles. The van der Waals surface area contributed by atoms with E-state index in [9.17, 15) is 9.59 Å². The quantitative estimate of drug-likeness (QED) is 0.487. The Bertz CT molecular complexity index is 985. The standard InChI is InChI=1S/C20H19N3O4S/c1-12(27-19(25)13-6-8-15(21)9-7-13)18(24)23-20-22-17(11-28-20)14-4-3-5-16(10-14)26-2/h3-12H,21H2,1-2H3,(H,22,23,24). The van der Waals surface area contributed by atoms with E-state index in [2.05, 4.69) is 10.3 Å². The van der Waals surface area contributed by atoms with Gasteiger partial charge in [0.2, 0.25) is 0 Å². The van der Waals surface area contributed by atoms with Crippen molar-refractivity contribution in [3.63, 3.8) is 0 Å². The lowest BCUT2D eigenvalue weighted by molar-refractivity contribution is -0.123. The first-order valence-electron chi connectivity index (χ1n) is 8.43. The summed E-state index contributed by atoms with van der Waals surface area (Å²) in [6, 6.07) is 13.7. The molecule has 0 saturated heterocycles.